The average molecular weight is 258 g/mol. The van der Waals surface area contributed by atoms with Gasteiger partial charge in [0.2, 0.25) is 0 Å². The lowest BCUT2D eigenvalue weighted by molar-refractivity contribution is 0.109. The van der Waals surface area contributed by atoms with Gasteiger partial charge < -0.3 is 14.8 Å². The van der Waals surface area contributed by atoms with Gasteiger partial charge in [0.1, 0.15) is 0 Å². The van der Waals surface area contributed by atoms with Crippen LogP contribution in [0.3, 0.4) is 0 Å². The Morgan fingerprint density at radius 2 is 2.06 bits per heavy atom. The van der Waals surface area contributed by atoms with E-state index in [9.17, 15) is 0 Å². The quantitative estimate of drug-likeness (QED) is 0.726. The van der Waals surface area contributed by atoms with E-state index < -0.39 is 0 Å². The molecule has 0 unspecified atom stereocenters. The zero-order valence-corrected chi connectivity index (χ0v) is 11.2. The van der Waals surface area contributed by atoms with Gasteiger partial charge in [-0.2, -0.15) is 0 Å². The minimum atomic E-state index is 0.675. The van der Waals surface area contributed by atoms with Crippen molar-refractivity contribution in [2.24, 2.45) is 0 Å². The van der Waals surface area contributed by atoms with E-state index in [1.54, 1.807) is 7.11 Å². The van der Waals surface area contributed by atoms with Crippen molar-refractivity contribution in [2.45, 2.75) is 13.3 Å². The highest BCUT2D eigenvalue weighted by molar-refractivity contribution is 6.33. The SMILES string of the molecule is COCCCOCCNc1cccc(C)c1Cl. The molecule has 0 radical (unpaired) electrons. The molecule has 1 N–H and O–H groups in total. The Labute approximate surface area is 108 Å². The summed E-state index contributed by atoms with van der Waals surface area (Å²) >= 11 is 6.15. The first-order valence-corrected chi connectivity index (χ1v) is 6.19. The van der Waals surface area contributed by atoms with Crippen LogP contribution >= 0.6 is 11.6 Å². The van der Waals surface area contributed by atoms with Gasteiger partial charge in [0.05, 0.1) is 17.3 Å². The summed E-state index contributed by atoms with van der Waals surface area (Å²) in [7, 11) is 1.70. The first kappa shape index (κ1) is 14.3. The largest absolute Gasteiger partial charge is 0.385 e. The third kappa shape index (κ3) is 5.39. The lowest BCUT2D eigenvalue weighted by atomic mass is 10.2. The molecule has 1 aromatic carbocycles. The number of hydrogen-bond acceptors (Lipinski definition) is 3. The summed E-state index contributed by atoms with van der Waals surface area (Å²) in [6.45, 7) is 4.91. The second-order valence-electron chi connectivity index (χ2n) is 3.82. The molecule has 0 bridgehead atoms. The van der Waals surface area contributed by atoms with Crippen LogP contribution < -0.4 is 5.32 Å². The lowest BCUT2D eigenvalue weighted by Crippen LogP contribution is -2.11. The smallest absolute Gasteiger partial charge is 0.0666 e. The number of methoxy groups -OCH3 is 1. The summed E-state index contributed by atoms with van der Waals surface area (Å²) in [5, 5.41) is 4.04. The van der Waals surface area contributed by atoms with Crippen LogP contribution in [0.4, 0.5) is 5.69 Å². The summed E-state index contributed by atoms with van der Waals surface area (Å²) < 4.78 is 10.4. The van der Waals surface area contributed by atoms with Crippen molar-refractivity contribution in [2.75, 3.05) is 38.8 Å². The second-order valence-corrected chi connectivity index (χ2v) is 4.20. The highest BCUT2D eigenvalue weighted by Crippen LogP contribution is 2.24. The maximum absolute atomic E-state index is 6.15. The van der Waals surface area contributed by atoms with Crippen LogP contribution in [0.5, 0.6) is 0 Å². The standard InChI is InChI=1S/C13H20ClNO2/c1-11-5-3-6-12(13(11)14)15-7-10-17-9-4-8-16-2/h3,5-6,15H,4,7-10H2,1-2H3. The van der Waals surface area contributed by atoms with E-state index in [0.29, 0.717) is 6.61 Å². The van der Waals surface area contributed by atoms with Gasteiger partial charge in [0.15, 0.2) is 0 Å². The number of rotatable bonds is 8. The highest BCUT2D eigenvalue weighted by Gasteiger charge is 2.01. The molecular weight excluding hydrogens is 238 g/mol. The molecule has 0 aliphatic carbocycles. The van der Waals surface area contributed by atoms with Crippen LogP contribution in [-0.2, 0) is 9.47 Å². The van der Waals surface area contributed by atoms with E-state index in [1.165, 1.54) is 0 Å². The highest BCUT2D eigenvalue weighted by atomic mass is 35.5. The minimum absolute atomic E-state index is 0.675. The zero-order chi connectivity index (χ0) is 12.5. The molecule has 0 fully saturated rings. The van der Waals surface area contributed by atoms with Crippen molar-refractivity contribution in [1.29, 1.82) is 0 Å². The molecular formula is C13H20ClNO2. The Kier molecular flexibility index (Phi) is 7.01. The number of ether oxygens (including phenoxy) is 2. The monoisotopic (exact) mass is 257 g/mol. The summed E-state index contributed by atoms with van der Waals surface area (Å²) in [6, 6.07) is 5.96. The van der Waals surface area contributed by atoms with E-state index in [-0.39, 0.29) is 0 Å². The molecule has 96 valence electrons. The molecule has 0 saturated carbocycles. The molecule has 1 rings (SSSR count). The molecule has 0 saturated heterocycles. The van der Waals surface area contributed by atoms with Crippen molar-refractivity contribution in [3.05, 3.63) is 28.8 Å². The Bertz CT molecular complexity index is 331. The minimum Gasteiger partial charge on any atom is -0.385 e. The Morgan fingerprint density at radius 1 is 1.24 bits per heavy atom. The van der Waals surface area contributed by atoms with Crippen LogP contribution in [0, 0.1) is 6.92 Å². The van der Waals surface area contributed by atoms with Crippen LogP contribution in [0.2, 0.25) is 5.02 Å². The Morgan fingerprint density at radius 3 is 2.82 bits per heavy atom. The van der Waals surface area contributed by atoms with E-state index >= 15 is 0 Å². The van der Waals surface area contributed by atoms with Gasteiger partial charge in [-0.25, -0.2) is 0 Å². The molecule has 0 atom stereocenters. The van der Waals surface area contributed by atoms with Gasteiger partial charge in [-0.15, -0.1) is 0 Å². The lowest BCUT2D eigenvalue weighted by Gasteiger charge is -2.10. The van der Waals surface area contributed by atoms with Gasteiger partial charge in [-0.3, -0.25) is 0 Å². The van der Waals surface area contributed by atoms with Crippen LogP contribution in [0.15, 0.2) is 18.2 Å². The average Bonchev–Trinajstić information content (AvgIpc) is 2.33. The molecule has 0 aromatic heterocycles. The fourth-order valence-electron chi connectivity index (χ4n) is 1.45. The van der Waals surface area contributed by atoms with Gasteiger partial charge in [-0.05, 0) is 25.0 Å². The second kappa shape index (κ2) is 8.34. The number of nitrogens with one attached hydrogen (secondary N) is 1. The van der Waals surface area contributed by atoms with Gasteiger partial charge in [-0.1, -0.05) is 23.7 Å². The van der Waals surface area contributed by atoms with Crippen molar-refractivity contribution < 1.29 is 9.47 Å². The molecule has 0 spiro atoms. The van der Waals surface area contributed by atoms with Crippen LogP contribution in [0.1, 0.15) is 12.0 Å². The van der Waals surface area contributed by atoms with Gasteiger partial charge in [0.25, 0.3) is 0 Å². The molecule has 1 aromatic rings. The topological polar surface area (TPSA) is 30.5 Å². The number of benzene rings is 1. The molecule has 0 aliphatic heterocycles. The molecule has 0 aliphatic rings. The first-order chi connectivity index (χ1) is 8.25. The first-order valence-electron chi connectivity index (χ1n) is 5.81. The zero-order valence-electron chi connectivity index (χ0n) is 10.5. The van der Waals surface area contributed by atoms with Crippen LogP contribution in [0.25, 0.3) is 0 Å². The van der Waals surface area contributed by atoms with E-state index in [4.69, 9.17) is 21.1 Å². The molecule has 0 amide bonds. The third-order valence-corrected chi connectivity index (χ3v) is 2.89. The number of aryl methyl sites for hydroxylation is 1. The summed E-state index contributed by atoms with van der Waals surface area (Å²) in [5.41, 5.74) is 2.05. The van der Waals surface area contributed by atoms with E-state index in [0.717, 1.165) is 42.5 Å². The van der Waals surface area contributed by atoms with E-state index in [2.05, 4.69) is 5.32 Å². The van der Waals surface area contributed by atoms with Crippen molar-refractivity contribution in [3.8, 4) is 0 Å². The van der Waals surface area contributed by atoms with Gasteiger partial charge in [0, 0.05) is 26.9 Å². The van der Waals surface area contributed by atoms with Gasteiger partial charge >= 0.3 is 0 Å². The van der Waals surface area contributed by atoms with Crippen LogP contribution in [-0.4, -0.2) is 33.5 Å². The normalized spacial score (nSPS) is 10.5. The molecule has 17 heavy (non-hydrogen) atoms. The fourth-order valence-corrected chi connectivity index (χ4v) is 1.64. The maximum Gasteiger partial charge on any atom is 0.0666 e. The third-order valence-electron chi connectivity index (χ3n) is 2.39. The number of anilines is 1. The maximum atomic E-state index is 6.15. The molecule has 4 heteroatoms. The Hall–Kier alpha value is -0.770. The van der Waals surface area contributed by atoms with Crippen molar-refractivity contribution in [3.63, 3.8) is 0 Å². The molecule has 0 heterocycles. The predicted octanol–water partition coefficient (Wildman–Crippen LogP) is 3.11. The fraction of sp³-hybridized carbons (Fsp3) is 0.538. The number of halogens is 1. The molecule has 3 nitrogen and oxygen atoms in total. The number of hydrogen-bond donors (Lipinski definition) is 1. The Balaban J connectivity index is 2.16. The van der Waals surface area contributed by atoms with Crippen molar-refractivity contribution in [1.82, 2.24) is 0 Å². The van der Waals surface area contributed by atoms with E-state index in [1.807, 2.05) is 25.1 Å². The van der Waals surface area contributed by atoms with Crippen molar-refractivity contribution >= 4 is 17.3 Å². The summed E-state index contributed by atoms with van der Waals surface area (Å²) in [5.74, 6) is 0. The summed E-state index contributed by atoms with van der Waals surface area (Å²) in [4.78, 5) is 0. The predicted molar refractivity (Wildman–Crippen MR) is 72.0 cm³/mol. The summed E-state index contributed by atoms with van der Waals surface area (Å²) in [6.07, 6.45) is 0.932.